The fourth-order valence-electron chi connectivity index (χ4n) is 2.15. The van der Waals surface area contributed by atoms with Crippen molar-refractivity contribution in [2.24, 2.45) is 0 Å². The normalized spacial score (nSPS) is 12.2. The topological polar surface area (TPSA) is 29.5 Å². The number of hydrogen-bond acceptors (Lipinski definition) is 2. The molecule has 0 bridgehead atoms. The van der Waals surface area contributed by atoms with E-state index in [1.165, 1.54) is 0 Å². The number of methoxy groups -OCH3 is 1. The van der Waals surface area contributed by atoms with Crippen LogP contribution >= 0.6 is 0 Å². The van der Waals surface area contributed by atoms with E-state index in [1.807, 2.05) is 50.2 Å². The van der Waals surface area contributed by atoms with Crippen molar-refractivity contribution in [2.75, 3.05) is 7.11 Å². The van der Waals surface area contributed by atoms with Crippen molar-refractivity contribution in [1.29, 1.82) is 0 Å². The van der Waals surface area contributed by atoms with Crippen LogP contribution < -0.4 is 4.74 Å². The van der Waals surface area contributed by atoms with Crippen molar-refractivity contribution in [1.82, 2.24) is 0 Å². The summed E-state index contributed by atoms with van der Waals surface area (Å²) in [6, 6.07) is 13.6. The van der Waals surface area contributed by atoms with Crippen LogP contribution in [0.5, 0.6) is 5.75 Å². The third-order valence-electron chi connectivity index (χ3n) is 2.99. The van der Waals surface area contributed by atoms with E-state index < -0.39 is 6.10 Å². The predicted octanol–water partition coefficient (Wildman–Crippen LogP) is 3.39. The van der Waals surface area contributed by atoms with Crippen LogP contribution in [0.15, 0.2) is 42.5 Å². The molecule has 0 aliphatic carbocycles. The van der Waals surface area contributed by atoms with E-state index in [4.69, 9.17) is 4.74 Å². The zero-order valence-electron chi connectivity index (χ0n) is 11.0. The van der Waals surface area contributed by atoms with E-state index in [-0.39, 0.29) is 0 Å². The van der Waals surface area contributed by atoms with Gasteiger partial charge in [0, 0.05) is 0 Å². The quantitative estimate of drug-likeness (QED) is 0.894. The number of aliphatic hydroxyl groups excluding tert-OH is 1. The molecule has 2 heteroatoms. The molecule has 1 atom stereocenters. The second-order valence-electron chi connectivity index (χ2n) is 4.60. The zero-order valence-corrected chi connectivity index (χ0v) is 11.0. The summed E-state index contributed by atoms with van der Waals surface area (Å²) in [5.74, 6) is 0.798. The van der Waals surface area contributed by atoms with Gasteiger partial charge < -0.3 is 9.84 Å². The van der Waals surface area contributed by atoms with E-state index in [0.717, 1.165) is 28.0 Å². The van der Waals surface area contributed by atoms with Gasteiger partial charge in [0.25, 0.3) is 0 Å². The average Bonchev–Trinajstić information content (AvgIpc) is 2.37. The molecule has 1 unspecified atom stereocenters. The second kappa shape index (κ2) is 5.23. The lowest BCUT2D eigenvalue weighted by Gasteiger charge is -2.13. The van der Waals surface area contributed by atoms with Gasteiger partial charge in [-0.3, -0.25) is 0 Å². The zero-order chi connectivity index (χ0) is 13.1. The van der Waals surface area contributed by atoms with Gasteiger partial charge in [0.2, 0.25) is 0 Å². The monoisotopic (exact) mass is 242 g/mol. The number of hydrogen-bond donors (Lipinski definition) is 1. The van der Waals surface area contributed by atoms with E-state index in [1.54, 1.807) is 7.11 Å². The van der Waals surface area contributed by atoms with Crippen LogP contribution in [0.1, 0.15) is 28.4 Å². The van der Waals surface area contributed by atoms with Gasteiger partial charge in [0.1, 0.15) is 11.9 Å². The highest BCUT2D eigenvalue weighted by atomic mass is 16.5. The molecule has 0 heterocycles. The van der Waals surface area contributed by atoms with Crippen molar-refractivity contribution in [3.05, 3.63) is 64.7 Å². The highest BCUT2D eigenvalue weighted by Gasteiger charge is 2.11. The second-order valence-corrected chi connectivity index (χ2v) is 4.60. The van der Waals surface area contributed by atoms with Crippen LogP contribution in [-0.2, 0) is 0 Å². The maximum atomic E-state index is 10.4. The molecule has 0 radical (unpaired) electrons. The van der Waals surface area contributed by atoms with Crippen LogP contribution in [0.25, 0.3) is 0 Å². The molecule has 0 saturated heterocycles. The summed E-state index contributed by atoms with van der Waals surface area (Å²) in [6.45, 7) is 4.08. The maximum Gasteiger partial charge on any atom is 0.118 e. The minimum atomic E-state index is -0.588. The molecule has 2 aromatic rings. The first kappa shape index (κ1) is 12.7. The molecule has 0 amide bonds. The number of aryl methyl sites for hydroxylation is 2. The molecule has 0 aromatic heterocycles. The summed E-state index contributed by atoms with van der Waals surface area (Å²) in [5.41, 5.74) is 4.13. The summed E-state index contributed by atoms with van der Waals surface area (Å²) in [7, 11) is 1.63. The Bertz CT molecular complexity index is 509. The van der Waals surface area contributed by atoms with Crippen molar-refractivity contribution >= 4 is 0 Å². The van der Waals surface area contributed by atoms with Gasteiger partial charge in [-0.05, 0) is 37.1 Å². The Balaban J connectivity index is 2.31. The summed E-state index contributed by atoms with van der Waals surface area (Å²) in [4.78, 5) is 0. The van der Waals surface area contributed by atoms with Crippen molar-refractivity contribution < 1.29 is 9.84 Å². The Labute approximate surface area is 108 Å². The van der Waals surface area contributed by atoms with E-state index in [9.17, 15) is 5.11 Å². The third kappa shape index (κ3) is 2.71. The number of benzene rings is 2. The maximum absolute atomic E-state index is 10.4. The van der Waals surface area contributed by atoms with E-state index in [2.05, 4.69) is 6.07 Å². The fraction of sp³-hybridized carbons (Fsp3) is 0.250. The van der Waals surface area contributed by atoms with Gasteiger partial charge in [-0.25, -0.2) is 0 Å². The molecule has 0 saturated carbocycles. The van der Waals surface area contributed by atoms with Crippen LogP contribution in [0.3, 0.4) is 0 Å². The Morgan fingerprint density at radius 1 is 0.889 bits per heavy atom. The molecule has 1 N–H and O–H groups in total. The number of aliphatic hydroxyl groups is 1. The summed E-state index contributed by atoms with van der Waals surface area (Å²) < 4.78 is 5.11. The minimum absolute atomic E-state index is 0.588. The smallest absolute Gasteiger partial charge is 0.118 e. The Kier molecular flexibility index (Phi) is 3.68. The molecule has 0 aliphatic rings. The highest BCUT2D eigenvalue weighted by Crippen LogP contribution is 2.25. The highest BCUT2D eigenvalue weighted by molar-refractivity contribution is 5.37. The first-order valence-corrected chi connectivity index (χ1v) is 6.00. The molecule has 0 aliphatic heterocycles. The summed E-state index contributed by atoms with van der Waals surface area (Å²) >= 11 is 0. The Morgan fingerprint density at radius 2 is 1.44 bits per heavy atom. The van der Waals surface area contributed by atoms with Crippen molar-refractivity contribution in [2.45, 2.75) is 20.0 Å². The number of ether oxygens (including phenoxy) is 1. The molecular weight excluding hydrogens is 224 g/mol. The molecule has 0 spiro atoms. The largest absolute Gasteiger partial charge is 0.497 e. The molecule has 2 aromatic carbocycles. The van der Waals surface area contributed by atoms with Gasteiger partial charge in [0.05, 0.1) is 7.11 Å². The molecule has 94 valence electrons. The average molecular weight is 242 g/mol. The SMILES string of the molecule is COc1ccc(C(O)c2cc(C)cc(C)c2)cc1. The van der Waals surface area contributed by atoms with Gasteiger partial charge in [0.15, 0.2) is 0 Å². The van der Waals surface area contributed by atoms with Crippen molar-refractivity contribution in [3.63, 3.8) is 0 Å². The summed E-state index contributed by atoms with van der Waals surface area (Å²) in [5, 5.41) is 10.4. The standard InChI is InChI=1S/C16H18O2/c1-11-8-12(2)10-14(9-11)16(17)13-4-6-15(18-3)7-5-13/h4-10,16-17H,1-3H3. The molecule has 2 nitrogen and oxygen atoms in total. The van der Waals surface area contributed by atoms with E-state index >= 15 is 0 Å². The first-order chi connectivity index (χ1) is 8.60. The van der Waals surface area contributed by atoms with Gasteiger partial charge in [-0.1, -0.05) is 41.5 Å². The molecule has 0 fully saturated rings. The lowest BCUT2D eigenvalue weighted by Crippen LogP contribution is -2.00. The lowest BCUT2D eigenvalue weighted by molar-refractivity contribution is 0.220. The lowest BCUT2D eigenvalue weighted by atomic mass is 9.98. The molecule has 18 heavy (non-hydrogen) atoms. The van der Waals surface area contributed by atoms with Gasteiger partial charge >= 0.3 is 0 Å². The van der Waals surface area contributed by atoms with Gasteiger partial charge in [-0.2, -0.15) is 0 Å². The van der Waals surface area contributed by atoms with Crippen LogP contribution in [-0.4, -0.2) is 12.2 Å². The minimum Gasteiger partial charge on any atom is -0.497 e. The molecular formula is C16H18O2. The van der Waals surface area contributed by atoms with Gasteiger partial charge in [-0.15, -0.1) is 0 Å². The number of rotatable bonds is 3. The summed E-state index contributed by atoms with van der Waals surface area (Å²) in [6.07, 6.45) is -0.588. The van der Waals surface area contributed by atoms with Crippen LogP contribution in [0.2, 0.25) is 0 Å². The fourth-order valence-corrected chi connectivity index (χ4v) is 2.15. The molecule has 2 rings (SSSR count). The Hall–Kier alpha value is -1.80. The van der Waals surface area contributed by atoms with Crippen molar-refractivity contribution in [3.8, 4) is 5.75 Å². The Morgan fingerprint density at radius 3 is 1.94 bits per heavy atom. The predicted molar refractivity (Wildman–Crippen MR) is 73.0 cm³/mol. The van der Waals surface area contributed by atoms with Crippen LogP contribution in [0, 0.1) is 13.8 Å². The van der Waals surface area contributed by atoms with Crippen LogP contribution in [0.4, 0.5) is 0 Å². The first-order valence-electron chi connectivity index (χ1n) is 6.00. The third-order valence-corrected chi connectivity index (χ3v) is 2.99. The van der Waals surface area contributed by atoms with E-state index in [0.29, 0.717) is 0 Å².